The number of carbonyl (C=O) groups excluding carboxylic acids is 1. The van der Waals surface area contributed by atoms with Gasteiger partial charge in [0.05, 0.1) is 4.99 Å². The first kappa shape index (κ1) is 14.7. The topological polar surface area (TPSA) is 49.6 Å². The SMILES string of the molecule is NC(=S)CN1CCN(C(=O)CCC2CCCC2)CC1. The van der Waals surface area contributed by atoms with Gasteiger partial charge in [0.15, 0.2) is 0 Å². The van der Waals surface area contributed by atoms with Crippen LogP contribution in [-0.2, 0) is 4.79 Å². The maximum absolute atomic E-state index is 12.1. The Hall–Kier alpha value is -0.680. The number of nitrogens with two attached hydrogens (primary N) is 1. The molecule has 0 aromatic heterocycles. The van der Waals surface area contributed by atoms with Crippen molar-refractivity contribution in [3.05, 3.63) is 0 Å². The maximum atomic E-state index is 12.1. The predicted molar refractivity (Wildman–Crippen MR) is 81.0 cm³/mol. The van der Waals surface area contributed by atoms with E-state index in [1.165, 1.54) is 25.7 Å². The normalized spacial score (nSPS) is 21.8. The van der Waals surface area contributed by atoms with E-state index in [1.807, 2.05) is 4.90 Å². The Kier molecular flexibility index (Phi) is 5.58. The molecular weight excluding hydrogens is 258 g/mol. The van der Waals surface area contributed by atoms with Gasteiger partial charge in [0.2, 0.25) is 5.91 Å². The fourth-order valence-corrected chi connectivity index (χ4v) is 3.34. The molecule has 108 valence electrons. The van der Waals surface area contributed by atoms with E-state index >= 15 is 0 Å². The highest BCUT2D eigenvalue weighted by Crippen LogP contribution is 2.28. The highest BCUT2D eigenvalue weighted by Gasteiger charge is 2.22. The third-order valence-corrected chi connectivity index (χ3v) is 4.47. The number of carbonyl (C=O) groups is 1. The van der Waals surface area contributed by atoms with E-state index in [4.69, 9.17) is 18.0 Å². The molecule has 0 radical (unpaired) electrons. The van der Waals surface area contributed by atoms with E-state index in [0.29, 0.717) is 17.4 Å². The highest BCUT2D eigenvalue weighted by atomic mass is 32.1. The molecule has 0 unspecified atom stereocenters. The van der Waals surface area contributed by atoms with Crippen molar-refractivity contribution in [3.8, 4) is 0 Å². The molecule has 0 aromatic carbocycles. The standard InChI is InChI=1S/C14H25N3OS/c15-13(19)11-16-7-9-17(10-8-16)14(18)6-5-12-3-1-2-4-12/h12H,1-11H2,(H2,15,19). The quantitative estimate of drug-likeness (QED) is 0.775. The Balaban J connectivity index is 1.65. The Bertz CT molecular complexity index is 321. The van der Waals surface area contributed by atoms with Crippen LogP contribution in [-0.4, -0.2) is 53.4 Å². The van der Waals surface area contributed by atoms with E-state index in [2.05, 4.69) is 4.90 Å². The summed E-state index contributed by atoms with van der Waals surface area (Å²) in [7, 11) is 0. The lowest BCUT2D eigenvalue weighted by Gasteiger charge is -2.34. The molecule has 2 aliphatic rings. The lowest BCUT2D eigenvalue weighted by atomic mass is 10.0. The summed E-state index contributed by atoms with van der Waals surface area (Å²) in [5, 5.41) is 0. The molecule has 0 atom stereocenters. The molecule has 1 amide bonds. The lowest BCUT2D eigenvalue weighted by Crippen LogP contribution is -2.50. The summed E-state index contributed by atoms with van der Waals surface area (Å²) in [6.45, 7) is 4.12. The van der Waals surface area contributed by atoms with Crippen LogP contribution < -0.4 is 5.73 Å². The third kappa shape index (κ3) is 4.73. The number of rotatable bonds is 5. The molecule has 19 heavy (non-hydrogen) atoms. The molecule has 5 heteroatoms. The first-order chi connectivity index (χ1) is 9.15. The molecule has 2 fully saturated rings. The second kappa shape index (κ2) is 7.20. The fourth-order valence-electron chi connectivity index (χ4n) is 3.16. The number of nitrogens with zero attached hydrogens (tertiary/aromatic N) is 2. The average Bonchev–Trinajstić information content (AvgIpc) is 2.89. The van der Waals surface area contributed by atoms with Crippen LogP contribution in [0, 0.1) is 5.92 Å². The number of thiocarbonyl (C=S) groups is 1. The van der Waals surface area contributed by atoms with E-state index in [0.717, 1.165) is 44.9 Å². The molecule has 2 N–H and O–H groups in total. The van der Waals surface area contributed by atoms with Crippen molar-refractivity contribution in [2.75, 3.05) is 32.7 Å². The van der Waals surface area contributed by atoms with Gasteiger partial charge in [-0.2, -0.15) is 0 Å². The van der Waals surface area contributed by atoms with Crippen LogP contribution in [0.5, 0.6) is 0 Å². The van der Waals surface area contributed by atoms with Crippen LogP contribution in [0.25, 0.3) is 0 Å². The Morgan fingerprint density at radius 2 is 1.79 bits per heavy atom. The van der Waals surface area contributed by atoms with Gasteiger partial charge >= 0.3 is 0 Å². The zero-order valence-electron chi connectivity index (χ0n) is 11.6. The molecule has 1 heterocycles. The summed E-state index contributed by atoms with van der Waals surface area (Å²) >= 11 is 4.92. The van der Waals surface area contributed by atoms with E-state index < -0.39 is 0 Å². The van der Waals surface area contributed by atoms with Crippen LogP contribution in [0.1, 0.15) is 38.5 Å². The summed E-state index contributed by atoms with van der Waals surface area (Å²) in [5.74, 6) is 1.14. The summed E-state index contributed by atoms with van der Waals surface area (Å²) in [4.78, 5) is 16.9. The van der Waals surface area contributed by atoms with E-state index in [-0.39, 0.29) is 0 Å². The van der Waals surface area contributed by atoms with Crippen molar-refractivity contribution < 1.29 is 4.79 Å². The smallest absolute Gasteiger partial charge is 0.222 e. The van der Waals surface area contributed by atoms with E-state index in [9.17, 15) is 4.79 Å². The minimum Gasteiger partial charge on any atom is -0.392 e. The maximum Gasteiger partial charge on any atom is 0.222 e. The first-order valence-electron chi connectivity index (χ1n) is 7.43. The molecule has 0 aromatic rings. The monoisotopic (exact) mass is 283 g/mol. The van der Waals surface area contributed by atoms with Gasteiger partial charge < -0.3 is 10.6 Å². The van der Waals surface area contributed by atoms with Crippen molar-refractivity contribution >= 4 is 23.1 Å². The molecule has 1 saturated heterocycles. The van der Waals surface area contributed by atoms with Crippen LogP contribution in [0.4, 0.5) is 0 Å². The van der Waals surface area contributed by atoms with Crippen LogP contribution in [0.2, 0.25) is 0 Å². The predicted octanol–water partition coefficient (Wildman–Crippen LogP) is 1.39. The minimum absolute atomic E-state index is 0.335. The highest BCUT2D eigenvalue weighted by molar-refractivity contribution is 7.80. The summed E-state index contributed by atoms with van der Waals surface area (Å²) in [5.41, 5.74) is 5.54. The molecular formula is C14H25N3OS. The number of hydrogen-bond donors (Lipinski definition) is 1. The van der Waals surface area contributed by atoms with Gasteiger partial charge in [-0.3, -0.25) is 9.69 Å². The molecule has 1 aliphatic heterocycles. The van der Waals surface area contributed by atoms with Crippen LogP contribution in [0.15, 0.2) is 0 Å². The van der Waals surface area contributed by atoms with Crippen molar-refractivity contribution in [1.29, 1.82) is 0 Å². The van der Waals surface area contributed by atoms with Crippen molar-refractivity contribution in [3.63, 3.8) is 0 Å². The zero-order chi connectivity index (χ0) is 13.7. The minimum atomic E-state index is 0.335. The molecule has 0 bridgehead atoms. The number of piperazine rings is 1. The van der Waals surface area contributed by atoms with Gasteiger partial charge in [-0.15, -0.1) is 0 Å². The first-order valence-corrected chi connectivity index (χ1v) is 7.84. The second-order valence-corrected chi connectivity index (χ2v) is 6.34. The fraction of sp³-hybridized carbons (Fsp3) is 0.857. The number of hydrogen-bond acceptors (Lipinski definition) is 3. The van der Waals surface area contributed by atoms with E-state index in [1.54, 1.807) is 0 Å². The average molecular weight is 283 g/mol. The zero-order valence-corrected chi connectivity index (χ0v) is 12.5. The van der Waals surface area contributed by atoms with Gasteiger partial charge in [-0.25, -0.2) is 0 Å². The van der Waals surface area contributed by atoms with Gasteiger partial charge in [0, 0.05) is 39.1 Å². The molecule has 1 saturated carbocycles. The van der Waals surface area contributed by atoms with Crippen LogP contribution in [0.3, 0.4) is 0 Å². The molecule has 2 rings (SSSR count). The largest absolute Gasteiger partial charge is 0.392 e. The lowest BCUT2D eigenvalue weighted by molar-refractivity contribution is -0.133. The van der Waals surface area contributed by atoms with Gasteiger partial charge in [0.25, 0.3) is 0 Å². The molecule has 4 nitrogen and oxygen atoms in total. The summed E-state index contributed by atoms with van der Waals surface area (Å²) < 4.78 is 0. The number of amides is 1. The van der Waals surface area contributed by atoms with Gasteiger partial charge in [-0.1, -0.05) is 37.9 Å². The molecule has 1 aliphatic carbocycles. The third-order valence-electron chi connectivity index (χ3n) is 4.35. The Morgan fingerprint density at radius 1 is 1.16 bits per heavy atom. The van der Waals surface area contributed by atoms with Crippen molar-refractivity contribution in [1.82, 2.24) is 9.80 Å². The summed E-state index contributed by atoms with van der Waals surface area (Å²) in [6.07, 6.45) is 7.20. The van der Waals surface area contributed by atoms with Crippen molar-refractivity contribution in [2.24, 2.45) is 11.7 Å². The van der Waals surface area contributed by atoms with Crippen molar-refractivity contribution in [2.45, 2.75) is 38.5 Å². The summed E-state index contributed by atoms with van der Waals surface area (Å²) in [6, 6.07) is 0. The van der Waals surface area contributed by atoms with Gasteiger partial charge in [-0.05, 0) is 12.3 Å². The Labute approximate surface area is 121 Å². The van der Waals surface area contributed by atoms with Gasteiger partial charge in [0.1, 0.15) is 0 Å². The molecule has 0 spiro atoms. The Morgan fingerprint density at radius 3 is 2.37 bits per heavy atom. The second-order valence-electron chi connectivity index (χ2n) is 5.81. The van der Waals surface area contributed by atoms with Crippen LogP contribution >= 0.6 is 12.2 Å².